The van der Waals surface area contributed by atoms with E-state index in [-0.39, 0.29) is 17.9 Å². The minimum atomic E-state index is -0.0789. The summed E-state index contributed by atoms with van der Waals surface area (Å²) in [7, 11) is 0. The molecule has 0 spiro atoms. The first-order valence-corrected chi connectivity index (χ1v) is 9.55. The summed E-state index contributed by atoms with van der Waals surface area (Å²) in [6.07, 6.45) is 2.82. The van der Waals surface area contributed by atoms with Crippen LogP contribution in [0.4, 0.5) is 0 Å². The van der Waals surface area contributed by atoms with Gasteiger partial charge in [0.2, 0.25) is 0 Å². The van der Waals surface area contributed by atoms with Gasteiger partial charge >= 0.3 is 0 Å². The molecule has 0 aromatic heterocycles. The third kappa shape index (κ3) is 4.03. The monoisotopic (exact) mass is 364 g/mol. The SMILES string of the molecule is O=C(N[C@@H]1CCc2ccccc2C1)c1ccc(C(=O)N2CCOCC2)cc1. The number of carbonyl (C=O) groups excluding carboxylic acids is 2. The van der Waals surface area contributed by atoms with E-state index >= 15 is 0 Å². The number of nitrogens with zero attached hydrogens (tertiary/aromatic N) is 1. The largest absolute Gasteiger partial charge is 0.378 e. The first kappa shape index (κ1) is 17.7. The second-order valence-electron chi connectivity index (χ2n) is 7.16. The number of morpholine rings is 1. The van der Waals surface area contributed by atoms with Gasteiger partial charge in [0.1, 0.15) is 0 Å². The van der Waals surface area contributed by atoms with Gasteiger partial charge in [-0.2, -0.15) is 0 Å². The van der Waals surface area contributed by atoms with Gasteiger partial charge < -0.3 is 15.0 Å². The fourth-order valence-corrected chi connectivity index (χ4v) is 3.80. The van der Waals surface area contributed by atoms with E-state index in [2.05, 4.69) is 23.5 Å². The normalized spacial score (nSPS) is 19.3. The highest BCUT2D eigenvalue weighted by Gasteiger charge is 2.21. The summed E-state index contributed by atoms with van der Waals surface area (Å²) in [5.41, 5.74) is 3.90. The van der Waals surface area contributed by atoms with Crippen molar-refractivity contribution in [1.82, 2.24) is 10.2 Å². The van der Waals surface area contributed by atoms with Gasteiger partial charge in [0.05, 0.1) is 13.2 Å². The zero-order valence-corrected chi connectivity index (χ0v) is 15.3. The predicted octanol–water partition coefficient (Wildman–Crippen LogP) is 2.45. The molecule has 2 aliphatic rings. The number of carbonyl (C=O) groups is 2. The predicted molar refractivity (Wildman–Crippen MR) is 103 cm³/mol. The average molecular weight is 364 g/mol. The second-order valence-corrected chi connectivity index (χ2v) is 7.16. The Kier molecular flexibility index (Phi) is 5.21. The Morgan fingerprint density at radius 3 is 2.33 bits per heavy atom. The molecule has 1 aliphatic carbocycles. The van der Waals surface area contributed by atoms with Crippen LogP contribution in [-0.2, 0) is 17.6 Å². The van der Waals surface area contributed by atoms with Gasteiger partial charge in [-0.15, -0.1) is 0 Å². The summed E-state index contributed by atoms with van der Waals surface area (Å²) in [6.45, 7) is 2.39. The van der Waals surface area contributed by atoms with Crippen LogP contribution in [0.3, 0.4) is 0 Å². The standard InChI is InChI=1S/C22H24N2O3/c25-21(23-20-10-9-16-3-1-2-4-19(16)15-20)17-5-7-18(8-6-17)22(26)24-11-13-27-14-12-24/h1-8,20H,9-15H2,(H,23,25)/t20-/m1/s1. The Morgan fingerprint density at radius 2 is 1.59 bits per heavy atom. The van der Waals surface area contributed by atoms with E-state index in [1.54, 1.807) is 29.2 Å². The maximum absolute atomic E-state index is 12.6. The van der Waals surface area contributed by atoms with Gasteiger partial charge in [-0.1, -0.05) is 24.3 Å². The van der Waals surface area contributed by atoms with Crippen molar-refractivity contribution >= 4 is 11.8 Å². The second kappa shape index (κ2) is 7.92. The number of aryl methyl sites for hydroxylation is 1. The third-order valence-electron chi connectivity index (χ3n) is 5.37. The smallest absolute Gasteiger partial charge is 0.254 e. The van der Waals surface area contributed by atoms with E-state index in [9.17, 15) is 9.59 Å². The lowest BCUT2D eigenvalue weighted by Gasteiger charge is -2.27. The van der Waals surface area contributed by atoms with Crippen molar-refractivity contribution in [2.24, 2.45) is 0 Å². The number of ether oxygens (including phenoxy) is 1. The molecule has 1 heterocycles. The fraction of sp³-hybridized carbons (Fsp3) is 0.364. The van der Waals surface area contributed by atoms with E-state index in [1.807, 2.05) is 6.07 Å². The molecule has 1 fully saturated rings. The highest BCUT2D eigenvalue weighted by molar-refractivity contribution is 5.98. The third-order valence-corrected chi connectivity index (χ3v) is 5.37. The summed E-state index contributed by atoms with van der Waals surface area (Å²) in [5.74, 6) is -0.0844. The van der Waals surface area contributed by atoms with Gasteiger partial charge in [0.15, 0.2) is 0 Å². The maximum atomic E-state index is 12.6. The van der Waals surface area contributed by atoms with Crippen LogP contribution in [0.1, 0.15) is 38.3 Å². The first-order valence-electron chi connectivity index (χ1n) is 9.55. The Labute approximate surface area is 159 Å². The molecule has 0 unspecified atom stereocenters. The van der Waals surface area contributed by atoms with E-state index in [0.717, 1.165) is 19.3 Å². The molecule has 4 rings (SSSR count). The molecule has 1 saturated heterocycles. The van der Waals surface area contributed by atoms with Gasteiger partial charge in [0.25, 0.3) is 11.8 Å². The van der Waals surface area contributed by atoms with Crippen LogP contribution in [0.15, 0.2) is 48.5 Å². The van der Waals surface area contributed by atoms with Crippen molar-refractivity contribution in [3.8, 4) is 0 Å². The zero-order valence-electron chi connectivity index (χ0n) is 15.3. The summed E-state index contributed by atoms with van der Waals surface area (Å²) in [6, 6.07) is 15.5. The zero-order chi connectivity index (χ0) is 18.6. The van der Waals surface area contributed by atoms with E-state index in [0.29, 0.717) is 37.4 Å². The number of rotatable bonds is 3. The molecule has 140 valence electrons. The van der Waals surface area contributed by atoms with Gasteiger partial charge in [-0.05, 0) is 54.7 Å². The van der Waals surface area contributed by atoms with E-state index < -0.39 is 0 Å². The van der Waals surface area contributed by atoms with Crippen molar-refractivity contribution < 1.29 is 14.3 Å². The molecule has 1 atom stereocenters. The lowest BCUT2D eigenvalue weighted by molar-refractivity contribution is 0.0303. The molecule has 0 saturated carbocycles. The first-order chi connectivity index (χ1) is 13.2. The van der Waals surface area contributed by atoms with Crippen LogP contribution < -0.4 is 5.32 Å². The Hall–Kier alpha value is -2.66. The van der Waals surface area contributed by atoms with E-state index in [4.69, 9.17) is 4.74 Å². The molecule has 0 radical (unpaired) electrons. The highest BCUT2D eigenvalue weighted by atomic mass is 16.5. The molecule has 1 N–H and O–H groups in total. The van der Waals surface area contributed by atoms with Crippen molar-refractivity contribution in [3.05, 3.63) is 70.8 Å². The van der Waals surface area contributed by atoms with Crippen LogP contribution in [0.5, 0.6) is 0 Å². The minimum absolute atomic E-state index is 0.00542. The molecular weight excluding hydrogens is 340 g/mol. The highest BCUT2D eigenvalue weighted by Crippen LogP contribution is 2.21. The fourth-order valence-electron chi connectivity index (χ4n) is 3.80. The summed E-state index contributed by atoms with van der Waals surface area (Å²) < 4.78 is 5.28. The van der Waals surface area contributed by atoms with Crippen molar-refractivity contribution in [2.75, 3.05) is 26.3 Å². The van der Waals surface area contributed by atoms with Gasteiger partial charge in [-0.25, -0.2) is 0 Å². The molecule has 2 amide bonds. The molecule has 5 heteroatoms. The number of fused-ring (bicyclic) bond motifs is 1. The number of benzene rings is 2. The molecule has 27 heavy (non-hydrogen) atoms. The minimum Gasteiger partial charge on any atom is -0.378 e. The van der Waals surface area contributed by atoms with Crippen LogP contribution in [0, 0.1) is 0 Å². The quantitative estimate of drug-likeness (QED) is 0.910. The van der Waals surface area contributed by atoms with Crippen molar-refractivity contribution in [3.63, 3.8) is 0 Å². The number of nitrogens with one attached hydrogen (secondary N) is 1. The van der Waals surface area contributed by atoms with E-state index in [1.165, 1.54) is 11.1 Å². The Balaban J connectivity index is 1.37. The number of amides is 2. The molecule has 5 nitrogen and oxygen atoms in total. The Morgan fingerprint density at radius 1 is 0.926 bits per heavy atom. The Bertz CT molecular complexity index is 826. The topological polar surface area (TPSA) is 58.6 Å². The summed E-state index contributed by atoms with van der Waals surface area (Å²) in [4.78, 5) is 26.9. The van der Waals surface area contributed by atoms with Crippen LogP contribution in [0.2, 0.25) is 0 Å². The van der Waals surface area contributed by atoms with Crippen molar-refractivity contribution in [2.45, 2.75) is 25.3 Å². The number of hydrogen-bond acceptors (Lipinski definition) is 3. The lowest BCUT2D eigenvalue weighted by Crippen LogP contribution is -2.40. The lowest BCUT2D eigenvalue weighted by atomic mass is 9.88. The van der Waals surface area contributed by atoms with Gasteiger partial charge in [0, 0.05) is 30.3 Å². The average Bonchev–Trinajstić information content (AvgIpc) is 2.74. The van der Waals surface area contributed by atoms with Gasteiger partial charge in [-0.3, -0.25) is 9.59 Å². The summed E-state index contributed by atoms with van der Waals surface area (Å²) >= 11 is 0. The van der Waals surface area contributed by atoms with Crippen LogP contribution in [-0.4, -0.2) is 49.1 Å². The molecule has 2 aromatic carbocycles. The maximum Gasteiger partial charge on any atom is 0.254 e. The van der Waals surface area contributed by atoms with Crippen molar-refractivity contribution in [1.29, 1.82) is 0 Å². The molecule has 2 aromatic rings. The molecule has 0 bridgehead atoms. The number of hydrogen-bond donors (Lipinski definition) is 1. The van der Waals surface area contributed by atoms with Crippen LogP contribution in [0.25, 0.3) is 0 Å². The molecule has 1 aliphatic heterocycles. The van der Waals surface area contributed by atoms with Crippen LogP contribution >= 0.6 is 0 Å². The summed E-state index contributed by atoms with van der Waals surface area (Å²) in [5, 5.41) is 3.14. The molecular formula is C22H24N2O3.